The molecule has 9 heteroatoms. The Kier molecular flexibility index (Phi) is 10.5. The molecule has 0 spiro atoms. The zero-order valence-electron chi connectivity index (χ0n) is 21.9. The molecule has 0 heterocycles. The van der Waals surface area contributed by atoms with E-state index < -0.39 is 28.5 Å². The molecule has 0 radical (unpaired) electrons. The summed E-state index contributed by atoms with van der Waals surface area (Å²) < 4.78 is 29.8. The molecule has 1 atom stereocenters. The van der Waals surface area contributed by atoms with Crippen molar-refractivity contribution in [2.24, 2.45) is 0 Å². The number of halogens is 1. The lowest BCUT2D eigenvalue weighted by Crippen LogP contribution is -2.51. The number of anilines is 1. The van der Waals surface area contributed by atoms with Crippen LogP contribution in [0.2, 0.25) is 0 Å². The van der Waals surface area contributed by atoms with Crippen molar-refractivity contribution in [2.75, 3.05) is 17.4 Å². The van der Waals surface area contributed by atoms with Crippen LogP contribution in [-0.4, -0.2) is 44.3 Å². The molecule has 1 N–H and O–H groups in total. The zero-order valence-corrected chi connectivity index (χ0v) is 24.3. The van der Waals surface area contributed by atoms with Crippen molar-refractivity contribution in [2.45, 2.75) is 51.1 Å². The highest BCUT2D eigenvalue weighted by atomic mass is 79.9. The lowest BCUT2D eigenvalue weighted by molar-refractivity contribution is -0.139. The van der Waals surface area contributed by atoms with Crippen molar-refractivity contribution in [3.63, 3.8) is 0 Å². The summed E-state index contributed by atoms with van der Waals surface area (Å²) in [6, 6.07) is 21.9. The Labute approximate surface area is 234 Å². The predicted molar refractivity (Wildman–Crippen MR) is 154 cm³/mol. The lowest BCUT2D eigenvalue weighted by Gasteiger charge is -2.32. The summed E-state index contributed by atoms with van der Waals surface area (Å²) in [6.45, 7) is 5.75. The first-order valence-corrected chi connectivity index (χ1v) is 14.9. The Morgan fingerprint density at radius 1 is 0.921 bits per heavy atom. The summed E-state index contributed by atoms with van der Waals surface area (Å²) >= 11 is 3.42. The van der Waals surface area contributed by atoms with Crippen molar-refractivity contribution in [1.82, 2.24) is 10.2 Å². The average Bonchev–Trinajstić information content (AvgIpc) is 2.94. The van der Waals surface area contributed by atoms with Crippen LogP contribution in [0.3, 0.4) is 0 Å². The molecule has 0 aliphatic rings. The summed E-state index contributed by atoms with van der Waals surface area (Å²) in [4.78, 5) is 28.4. The fourth-order valence-corrected chi connectivity index (χ4v) is 5.79. The van der Waals surface area contributed by atoms with Gasteiger partial charge in [-0.05, 0) is 61.2 Å². The van der Waals surface area contributed by atoms with Crippen LogP contribution in [0.15, 0.2) is 88.2 Å². The van der Waals surface area contributed by atoms with Crippen LogP contribution in [0.5, 0.6) is 0 Å². The van der Waals surface area contributed by atoms with Gasteiger partial charge in [0.05, 0.1) is 10.6 Å². The molecule has 3 rings (SSSR count). The van der Waals surface area contributed by atoms with Crippen LogP contribution < -0.4 is 9.62 Å². The second kappa shape index (κ2) is 13.6. The molecule has 0 fully saturated rings. The highest BCUT2D eigenvalue weighted by Crippen LogP contribution is 2.28. The Balaban J connectivity index is 2.04. The van der Waals surface area contributed by atoms with Gasteiger partial charge in [-0.15, -0.1) is 0 Å². The van der Waals surface area contributed by atoms with E-state index in [9.17, 15) is 18.0 Å². The molecule has 3 aromatic rings. The van der Waals surface area contributed by atoms with Gasteiger partial charge in [0.2, 0.25) is 11.8 Å². The van der Waals surface area contributed by atoms with Crippen LogP contribution in [0.4, 0.5) is 5.69 Å². The Morgan fingerprint density at radius 3 is 2.18 bits per heavy atom. The van der Waals surface area contributed by atoms with E-state index in [0.717, 1.165) is 26.3 Å². The van der Waals surface area contributed by atoms with Gasteiger partial charge in [-0.25, -0.2) is 8.42 Å². The molecule has 0 unspecified atom stereocenters. The molecule has 202 valence electrons. The molecule has 0 saturated heterocycles. The predicted octanol–water partition coefficient (Wildman–Crippen LogP) is 5.15. The number of amides is 2. The molecule has 0 saturated carbocycles. The second-order valence-corrected chi connectivity index (χ2v) is 11.7. The van der Waals surface area contributed by atoms with Gasteiger partial charge in [-0.3, -0.25) is 13.9 Å². The van der Waals surface area contributed by atoms with Gasteiger partial charge in [0.15, 0.2) is 0 Å². The first-order chi connectivity index (χ1) is 18.2. The summed E-state index contributed by atoms with van der Waals surface area (Å²) in [5, 5.41) is 2.85. The minimum Gasteiger partial charge on any atom is -0.354 e. The van der Waals surface area contributed by atoms with E-state index in [2.05, 4.69) is 21.2 Å². The highest BCUT2D eigenvalue weighted by Gasteiger charge is 2.33. The number of nitrogens with one attached hydrogen (secondary N) is 1. The average molecular weight is 601 g/mol. The van der Waals surface area contributed by atoms with Crippen molar-refractivity contribution < 1.29 is 18.0 Å². The summed E-state index contributed by atoms with van der Waals surface area (Å²) in [5.74, 6) is -0.763. The monoisotopic (exact) mass is 599 g/mol. The normalized spacial score (nSPS) is 12.0. The van der Waals surface area contributed by atoms with Gasteiger partial charge >= 0.3 is 0 Å². The van der Waals surface area contributed by atoms with E-state index >= 15 is 0 Å². The van der Waals surface area contributed by atoms with Gasteiger partial charge in [0, 0.05) is 17.6 Å². The van der Waals surface area contributed by atoms with Crippen LogP contribution in [0.1, 0.15) is 38.3 Å². The van der Waals surface area contributed by atoms with Crippen molar-refractivity contribution in [3.05, 3.63) is 94.5 Å². The maximum absolute atomic E-state index is 13.9. The first-order valence-electron chi connectivity index (χ1n) is 12.7. The molecular formula is C29H34BrN3O4S. The maximum Gasteiger partial charge on any atom is 0.264 e. The van der Waals surface area contributed by atoms with Crippen molar-refractivity contribution in [3.8, 4) is 0 Å². The zero-order chi connectivity index (χ0) is 27.7. The summed E-state index contributed by atoms with van der Waals surface area (Å²) in [6.07, 6.45) is 1.35. The van der Waals surface area contributed by atoms with E-state index in [-0.39, 0.29) is 17.3 Å². The number of benzene rings is 3. The Hall–Kier alpha value is -3.17. The first kappa shape index (κ1) is 29.4. The quantitative estimate of drug-likeness (QED) is 0.312. The third-order valence-electron chi connectivity index (χ3n) is 6.23. The number of hydrogen-bond acceptors (Lipinski definition) is 4. The smallest absolute Gasteiger partial charge is 0.264 e. The molecule has 0 bridgehead atoms. The third kappa shape index (κ3) is 7.23. The topological polar surface area (TPSA) is 86.8 Å². The fourth-order valence-electron chi connectivity index (χ4n) is 4.05. The minimum atomic E-state index is -4.07. The van der Waals surface area contributed by atoms with Crippen molar-refractivity contribution in [1.29, 1.82) is 0 Å². The number of para-hydroxylation sites is 1. The van der Waals surface area contributed by atoms with Gasteiger partial charge in [-0.2, -0.15) is 0 Å². The number of sulfonamides is 1. The van der Waals surface area contributed by atoms with Crippen molar-refractivity contribution >= 4 is 43.5 Å². The largest absolute Gasteiger partial charge is 0.354 e. The summed E-state index contributed by atoms with van der Waals surface area (Å²) in [5.41, 5.74) is 2.06. The molecule has 3 aromatic carbocycles. The fraction of sp³-hybridized carbons (Fsp3) is 0.310. The molecule has 38 heavy (non-hydrogen) atoms. The standard InChI is InChI=1S/C29H34BrN3O4S/c1-4-19-31-29(35)22(3)32(20-23-15-17-25(30)18-16-23)28(34)21-33(27-14-10-9-11-24(27)5-2)38(36,37)26-12-7-6-8-13-26/h6-18,22H,4-5,19-21H2,1-3H3,(H,31,35)/t22-/m1/s1. The Bertz CT molecular complexity index is 1330. The molecular weight excluding hydrogens is 566 g/mol. The van der Waals surface area contributed by atoms with Crippen LogP contribution in [0, 0.1) is 0 Å². The third-order valence-corrected chi connectivity index (χ3v) is 8.54. The molecule has 0 aliphatic carbocycles. The van der Waals surface area contributed by atoms with Gasteiger partial charge in [0.1, 0.15) is 12.6 Å². The van der Waals surface area contributed by atoms with Gasteiger partial charge in [-0.1, -0.05) is 78.3 Å². The lowest BCUT2D eigenvalue weighted by atomic mass is 10.1. The van der Waals surface area contributed by atoms with Crippen LogP contribution in [0.25, 0.3) is 0 Å². The Morgan fingerprint density at radius 2 is 1.55 bits per heavy atom. The molecule has 7 nitrogen and oxygen atoms in total. The molecule has 0 aromatic heterocycles. The highest BCUT2D eigenvalue weighted by molar-refractivity contribution is 9.10. The van der Waals surface area contributed by atoms with E-state index in [0.29, 0.717) is 18.7 Å². The van der Waals surface area contributed by atoms with Crippen LogP contribution >= 0.6 is 15.9 Å². The van der Waals surface area contributed by atoms with E-state index in [1.54, 1.807) is 37.3 Å². The van der Waals surface area contributed by atoms with Gasteiger partial charge < -0.3 is 10.2 Å². The van der Waals surface area contributed by atoms with Gasteiger partial charge in [0.25, 0.3) is 10.0 Å². The second-order valence-electron chi connectivity index (χ2n) is 8.92. The number of carbonyl (C=O) groups excluding carboxylic acids is 2. The number of carbonyl (C=O) groups is 2. The number of rotatable bonds is 12. The van der Waals surface area contributed by atoms with E-state index in [4.69, 9.17) is 0 Å². The number of nitrogens with zero attached hydrogens (tertiary/aromatic N) is 2. The SMILES string of the molecule is CCCNC(=O)[C@@H](C)N(Cc1ccc(Br)cc1)C(=O)CN(c1ccccc1CC)S(=O)(=O)c1ccccc1. The molecule has 2 amide bonds. The molecule has 0 aliphatic heterocycles. The van der Waals surface area contributed by atoms with E-state index in [1.165, 1.54) is 17.0 Å². The number of aryl methyl sites for hydroxylation is 1. The summed E-state index contributed by atoms with van der Waals surface area (Å²) in [7, 11) is -4.07. The minimum absolute atomic E-state index is 0.0897. The maximum atomic E-state index is 13.9. The van der Waals surface area contributed by atoms with E-state index in [1.807, 2.05) is 50.2 Å². The van der Waals surface area contributed by atoms with Crippen LogP contribution in [-0.2, 0) is 32.6 Å². The number of hydrogen-bond donors (Lipinski definition) is 1.